The number of hydrogen-bond donors (Lipinski definition) is 1. The topological polar surface area (TPSA) is 29.3 Å². The van der Waals surface area contributed by atoms with Crippen molar-refractivity contribution in [1.29, 1.82) is 0 Å². The van der Waals surface area contributed by atoms with Crippen LogP contribution in [0.2, 0.25) is 0 Å². The SMILES string of the molecule is CC1Cc2ccccc2/C(N(C)N)=C\c2ccccc21. The molecule has 1 unspecified atom stereocenters. The molecule has 2 aromatic rings. The Bertz CT molecular complexity index is 656. The zero-order valence-electron chi connectivity index (χ0n) is 12.0. The highest BCUT2D eigenvalue weighted by atomic mass is 15.4. The van der Waals surface area contributed by atoms with Crippen LogP contribution in [0.4, 0.5) is 0 Å². The molecule has 20 heavy (non-hydrogen) atoms. The van der Waals surface area contributed by atoms with Crippen molar-refractivity contribution in [3.63, 3.8) is 0 Å². The van der Waals surface area contributed by atoms with Gasteiger partial charge in [0, 0.05) is 12.6 Å². The molecule has 3 rings (SSSR count). The number of fused-ring (bicyclic) bond motifs is 2. The van der Waals surface area contributed by atoms with Crippen molar-refractivity contribution in [2.24, 2.45) is 5.84 Å². The Morgan fingerprint density at radius 2 is 1.75 bits per heavy atom. The fourth-order valence-corrected chi connectivity index (χ4v) is 3.00. The molecule has 2 aromatic carbocycles. The molecule has 0 aliphatic heterocycles. The maximum atomic E-state index is 6.06. The average molecular weight is 264 g/mol. The van der Waals surface area contributed by atoms with Gasteiger partial charge in [-0.3, -0.25) is 0 Å². The maximum Gasteiger partial charge on any atom is 0.0595 e. The van der Waals surface area contributed by atoms with Crippen LogP contribution in [0.25, 0.3) is 11.8 Å². The van der Waals surface area contributed by atoms with Gasteiger partial charge in [-0.2, -0.15) is 0 Å². The Morgan fingerprint density at radius 3 is 2.55 bits per heavy atom. The maximum absolute atomic E-state index is 6.06. The van der Waals surface area contributed by atoms with E-state index in [0.717, 1.165) is 12.1 Å². The molecule has 0 heterocycles. The molecule has 1 aliphatic rings. The Labute approximate surface area is 120 Å². The molecule has 0 fully saturated rings. The van der Waals surface area contributed by atoms with Crippen LogP contribution in [0.1, 0.15) is 35.1 Å². The van der Waals surface area contributed by atoms with Gasteiger partial charge < -0.3 is 5.01 Å². The lowest BCUT2D eigenvalue weighted by molar-refractivity contribution is 0.512. The van der Waals surface area contributed by atoms with Crippen molar-refractivity contribution in [3.8, 4) is 0 Å². The first-order valence-electron chi connectivity index (χ1n) is 7.04. The van der Waals surface area contributed by atoms with Gasteiger partial charge in [0.2, 0.25) is 0 Å². The van der Waals surface area contributed by atoms with Gasteiger partial charge in [-0.1, -0.05) is 55.5 Å². The van der Waals surface area contributed by atoms with Crippen molar-refractivity contribution in [1.82, 2.24) is 5.01 Å². The second-order valence-electron chi connectivity index (χ2n) is 5.53. The van der Waals surface area contributed by atoms with Gasteiger partial charge in [0.25, 0.3) is 0 Å². The lowest BCUT2D eigenvalue weighted by Gasteiger charge is -2.25. The van der Waals surface area contributed by atoms with Gasteiger partial charge in [0.15, 0.2) is 0 Å². The van der Waals surface area contributed by atoms with Crippen molar-refractivity contribution in [2.75, 3.05) is 7.05 Å². The van der Waals surface area contributed by atoms with E-state index in [1.165, 1.54) is 22.3 Å². The highest BCUT2D eigenvalue weighted by Crippen LogP contribution is 2.33. The van der Waals surface area contributed by atoms with Gasteiger partial charge in [-0.15, -0.1) is 0 Å². The lowest BCUT2D eigenvalue weighted by Crippen LogP contribution is -2.25. The van der Waals surface area contributed by atoms with Crippen LogP contribution < -0.4 is 5.84 Å². The molecule has 0 bridgehead atoms. The van der Waals surface area contributed by atoms with Crippen molar-refractivity contribution >= 4 is 11.8 Å². The normalized spacial score (nSPS) is 19.9. The van der Waals surface area contributed by atoms with Gasteiger partial charge in [0.1, 0.15) is 0 Å². The zero-order chi connectivity index (χ0) is 14.1. The van der Waals surface area contributed by atoms with Crippen LogP contribution in [-0.4, -0.2) is 12.1 Å². The van der Waals surface area contributed by atoms with Gasteiger partial charge >= 0.3 is 0 Å². The number of rotatable bonds is 1. The summed E-state index contributed by atoms with van der Waals surface area (Å²) in [7, 11) is 1.90. The van der Waals surface area contributed by atoms with Crippen LogP contribution in [-0.2, 0) is 6.42 Å². The second-order valence-corrected chi connectivity index (χ2v) is 5.53. The summed E-state index contributed by atoms with van der Waals surface area (Å²) in [6.45, 7) is 2.29. The molecular weight excluding hydrogens is 244 g/mol. The van der Waals surface area contributed by atoms with E-state index in [2.05, 4.69) is 61.5 Å². The van der Waals surface area contributed by atoms with Crippen LogP contribution in [0.3, 0.4) is 0 Å². The van der Waals surface area contributed by atoms with E-state index in [-0.39, 0.29) is 0 Å². The van der Waals surface area contributed by atoms with Crippen molar-refractivity contribution in [2.45, 2.75) is 19.3 Å². The summed E-state index contributed by atoms with van der Waals surface area (Å²) >= 11 is 0. The Balaban J connectivity index is 2.26. The molecule has 0 aromatic heterocycles. The molecule has 1 aliphatic carbocycles. The minimum atomic E-state index is 0.508. The molecule has 102 valence electrons. The van der Waals surface area contributed by atoms with Crippen LogP contribution in [0.15, 0.2) is 48.5 Å². The van der Waals surface area contributed by atoms with Crippen molar-refractivity contribution < 1.29 is 0 Å². The fraction of sp³-hybridized carbons (Fsp3) is 0.222. The molecule has 2 N–H and O–H groups in total. The summed E-state index contributed by atoms with van der Waals surface area (Å²) in [5.74, 6) is 6.57. The predicted octanol–water partition coefficient (Wildman–Crippen LogP) is 3.65. The third-order valence-corrected chi connectivity index (χ3v) is 4.02. The van der Waals surface area contributed by atoms with Gasteiger partial charge in [-0.25, -0.2) is 5.84 Å². The summed E-state index contributed by atoms with van der Waals surface area (Å²) in [4.78, 5) is 0. The Kier molecular flexibility index (Phi) is 3.33. The van der Waals surface area contributed by atoms with E-state index in [4.69, 9.17) is 5.84 Å². The standard InChI is InChI=1S/C18H20N2/c1-13-11-14-7-4-6-10-17(14)18(20(2)19)12-15-8-3-5-9-16(13)15/h3-10,12-13H,11,19H2,1-2H3/b18-12+. The summed E-state index contributed by atoms with van der Waals surface area (Å²) in [6, 6.07) is 17.1. The van der Waals surface area contributed by atoms with E-state index in [1.807, 2.05) is 7.05 Å². The molecule has 0 saturated carbocycles. The van der Waals surface area contributed by atoms with E-state index < -0.39 is 0 Å². The minimum Gasteiger partial charge on any atom is -0.313 e. The average Bonchev–Trinajstić information content (AvgIpc) is 2.44. The summed E-state index contributed by atoms with van der Waals surface area (Å²) in [5.41, 5.74) is 6.32. The lowest BCUT2D eigenvalue weighted by atomic mass is 9.85. The van der Waals surface area contributed by atoms with E-state index in [0.29, 0.717) is 5.92 Å². The molecule has 0 radical (unpaired) electrons. The molecule has 1 atom stereocenters. The molecule has 0 saturated heterocycles. The van der Waals surface area contributed by atoms with E-state index >= 15 is 0 Å². The van der Waals surface area contributed by atoms with Crippen LogP contribution in [0.5, 0.6) is 0 Å². The molecule has 2 heteroatoms. The molecule has 0 amide bonds. The summed E-state index contributed by atoms with van der Waals surface area (Å²) in [5, 5.41) is 1.71. The largest absolute Gasteiger partial charge is 0.313 e. The highest BCUT2D eigenvalue weighted by molar-refractivity contribution is 5.83. The number of hydrazine groups is 1. The number of nitrogens with two attached hydrogens (primary N) is 1. The number of benzene rings is 2. The summed E-state index contributed by atoms with van der Waals surface area (Å²) < 4.78 is 0. The third-order valence-electron chi connectivity index (χ3n) is 4.02. The molecule has 2 nitrogen and oxygen atoms in total. The fourth-order valence-electron chi connectivity index (χ4n) is 3.00. The Hall–Kier alpha value is -2.06. The Morgan fingerprint density at radius 1 is 1.05 bits per heavy atom. The predicted molar refractivity (Wildman–Crippen MR) is 84.8 cm³/mol. The summed E-state index contributed by atoms with van der Waals surface area (Å²) in [6.07, 6.45) is 3.24. The van der Waals surface area contributed by atoms with Crippen LogP contribution >= 0.6 is 0 Å². The van der Waals surface area contributed by atoms with Gasteiger partial charge in [0.05, 0.1) is 5.70 Å². The highest BCUT2D eigenvalue weighted by Gasteiger charge is 2.18. The number of nitrogens with zero attached hydrogens (tertiary/aromatic N) is 1. The van der Waals surface area contributed by atoms with Gasteiger partial charge in [-0.05, 0) is 35.1 Å². The number of hydrogen-bond acceptors (Lipinski definition) is 2. The van der Waals surface area contributed by atoms with E-state index in [9.17, 15) is 0 Å². The van der Waals surface area contributed by atoms with E-state index in [1.54, 1.807) is 5.01 Å². The molecular formula is C18H20N2. The van der Waals surface area contributed by atoms with Crippen molar-refractivity contribution in [3.05, 3.63) is 70.8 Å². The monoisotopic (exact) mass is 264 g/mol. The quantitative estimate of drug-likeness (QED) is 0.629. The minimum absolute atomic E-state index is 0.508. The first-order valence-corrected chi connectivity index (χ1v) is 7.04. The smallest absolute Gasteiger partial charge is 0.0595 e. The third kappa shape index (κ3) is 2.23. The molecule has 0 spiro atoms. The van der Waals surface area contributed by atoms with Crippen LogP contribution in [0, 0.1) is 0 Å². The first kappa shape index (κ1) is 12.9. The second kappa shape index (κ2) is 5.14. The first-order chi connectivity index (χ1) is 9.66. The zero-order valence-corrected chi connectivity index (χ0v) is 12.0.